The maximum Gasteiger partial charge on any atom is 0.180 e. The molecule has 2 N–H and O–H groups in total. The number of benzene rings is 1. The largest absolute Gasteiger partial charge is 0.493 e. The van der Waals surface area contributed by atoms with Crippen LogP contribution in [0.3, 0.4) is 0 Å². The molecule has 0 heterocycles. The predicted octanol–water partition coefficient (Wildman–Crippen LogP) is 3.38. The molecule has 2 atom stereocenters. The summed E-state index contributed by atoms with van der Waals surface area (Å²) in [4.78, 5) is 0. The van der Waals surface area contributed by atoms with Gasteiger partial charge in [-0.05, 0) is 52.3 Å². The van der Waals surface area contributed by atoms with Gasteiger partial charge >= 0.3 is 0 Å². The number of aliphatic hydroxyl groups excluding tert-OH is 1. The molecule has 0 saturated heterocycles. The van der Waals surface area contributed by atoms with Crippen LogP contribution in [0.2, 0.25) is 5.02 Å². The first-order valence-electron chi connectivity index (χ1n) is 7.10. The minimum Gasteiger partial charge on any atom is -0.493 e. The molecule has 4 nitrogen and oxygen atoms in total. The van der Waals surface area contributed by atoms with E-state index in [1.54, 1.807) is 21.0 Å². The van der Waals surface area contributed by atoms with Gasteiger partial charge < -0.3 is 19.9 Å². The van der Waals surface area contributed by atoms with Gasteiger partial charge in [-0.2, -0.15) is 0 Å². The molecule has 0 aliphatic rings. The summed E-state index contributed by atoms with van der Waals surface area (Å²) < 4.78 is 11.1. The third-order valence-corrected chi connectivity index (χ3v) is 3.38. The first kappa shape index (κ1) is 18.1. The van der Waals surface area contributed by atoms with Gasteiger partial charge in [0.25, 0.3) is 0 Å². The Morgan fingerprint density at radius 3 is 2.38 bits per heavy atom. The third-order valence-electron chi connectivity index (χ3n) is 3.10. The summed E-state index contributed by atoms with van der Waals surface area (Å²) in [6.07, 6.45) is -0.956. The Morgan fingerprint density at radius 2 is 1.90 bits per heavy atom. The van der Waals surface area contributed by atoms with Crippen molar-refractivity contribution in [3.63, 3.8) is 0 Å². The van der Waals surface area contributed by atoms with E-state index in [1.807, 2.05) is 12.1 Å². The molecule has 0 amide bonds. The van der Waals surface area contributed by atoms with E-state index in [9.17, 15) is 5.11 Å². The van der Waals surface area contributed by atoms with Crippen LogP contribution >= 0.6 is 11.6 Å². The number of ether oxygens (including phenoxy) is 2. The quantitative estimate of drug-likeness (QED) is 0.845. The lowest BCUT2D eigenvalue weighted by Crippen LogP contribution is -2.35. The second kappa shape index (κ2) is 7.34. The molecule has 0 aliphatic heterocycles. The zero-order valence-electron chi connectivity index (χ0n) is 13.7. The number of hydrogen-bond donors (Lipinski definition) is 2. The molecule has 2 unspecified atom stereocenters. The summed E-state index contributed by atoms with van der Waals surface area (Å²) in [6, 6.07) is 3.75. The van der Waals surface area contributed by atoms with Crippen molar-refractivity contribution in [3.05, 3.63) is 22.7 Å². The van der Waals surface area contributed by atoms with Crippen LogP contribution in [0, 0.1) is 0 Å². The summed E-state index contributed by atoms with van der Waals surface area (Å²) in [6.45, 7) is 10.5. The molecule has 0 fully saturated rings. The normalized spacial score (nSPS) is 14.7. The first-order valence-corrected chi connectivity index (χ1v) is 7.48. The van der Waals surface area contributed by atoms with Gasteiger partial charge in [-0.15, -0.1) is 0 Å². The molecule has 0 bridgehead atoms. The van der Waals surface area contributed by atoms with Crippen molar-refractivity contribution in [2.75, 3.05) is 7.11 Å². The van der Waals surface area contributed by atoms with E-state index >= 15 is 0 Å². The Hall–Kier alpha value is -0.970. The highest BCUT2D eigenvalue weighted by atomic mass is 35.5. The second-order valence-electron chi connectivity index (χ2n) is 6.28. The van der Waals surface area contributed by atoms with Gasteiger partial charge in [0.1, 0.15) is 6.10 Å². The fraction of sp³-hybridized carbons (Fsp3) is 0.625. The maximum atomic E-state index is 9.55. The first-order chi connectivity index (χ1) is 9.64. The lowest BCUT2D eigenvalue weighted by atomic mass is 10.1. The summed E-state index contributed by atoms with van der Waals surface area (Å²) in [5.74, 6) is 1.03. The Balaban J connectivity index is 2.97. The number of methoxy groups -OCH3 is 1. The molecule has 0 aromatic heterocycles. The minimum atomic E-state index is -0.590. The fourth-order valence-corrected chi connectivity index (χ4v) is 1.92. The van der Waals surface area contributed by atoms with Crippen LogP contribution in [0.25, 0.3) is 0 Å². The van der Waals surface area contributed by atoms with Crippen LogP contribution in [0.5, 0.6) is 11.5 Å². The van der Waals surface area contributed by atoms with E-state index in [1.165, 1.54) is 0 Å². The lowest BCUT2D eigenvalue weighted by Gasteiger charge is -2.23. The average molecular weight is 316 g/mol. The summed E-state index contributed by atoms with van der Waals surface area (Å²) in [5.41, 5.74) is 1.04. The molecular weight excluding hydrogens is 290 g/mol. The molecule has 0 spiro atoms. The van der Waals surface area contributed by atoms with E-state index in [0.29, 0.717) is 23.1 Å². The Bertz CT molecular complexity index is 469. The highest BCUT2D eigenvalue weighted by molar-refractivity contribution is 6.32. The van der Waals surface area contributed by atoms with Gasteiger partial charge in [-0.3, -0.25) is 0 Å². The highest BCUT2D eigenvalue weighted by Crippen LogP contribution is 2.37. The fourth-order valence-electron chi connectivity index (χ4n) is 1.64. The van der Waals surface area contributed by atoms with Crippen LogP contribution in [-0.4, -0.2) is 30.0 Å². The predicted molar refractivity (Wildman–Crippen MR) is 86.4 cm³/mol. The molecular formula is C16H26ClNO3. The maximum absolute atomic E-state index is 9.55. The summed E-state index contributed by atoms with van der Waals surface area (Å²) in [5, 5.41) is 13.4. The molecule has 21 heavy (non-hydrogen) atoms. The van der Waals surface area contributed by atoms with Crippen LogP contribution in [0.15, 0.2) is 12.1 Å². The van der Waals surface area contributed by atoms with Crippen molar-refractivity contribution < 1.29 is 14.6 Å². The van der Waals surface area contributed by atoms with E-state index in [-0.39, 0.29) is 11.6 Å². The van der Waals surface area contributed by atoms with Crippen LogP contribution in [0.4, 0.5) is 0 Å². The summed E-state index contributed by atoms with van der Waals surface area (Å²) >= 11 is 6.30. The molecule has 1 rings (SSSR count). The van der Waals surface area contributed by atoms with Crippen molar-refractivity contribution in [2.45, 2.75) is 58.9 Å². The number of hydrogen-bond acceptors (Lipinski definition) is 4. The SMILES string of the molecule is COc1cc(CNC(C)(C)C)cc(Cl)c1OC(C)C(C)O. The van der Waals surface area contributed by atoms with Gasteiger partial charge in [0, 0.05) is 12.1 Å². The van der Waals surface area contributed by atoms with Crippen LogP contribution in [-0.2, 0) is 6.54 Å². The topological polar surface area (TPSA) is 50.7 Å². The molecule has 5 heteroatoms. The third kappa shape index (κ3) is 5.73. The van der Waals surface area contributed by atoms with Gasteiger partial charge in [0.2, 0.25) is 0 Å². The molecule has 1 aromatic rings. The Kier molecular flexibility index (Phi) is 6.32. The molecule has 120 valence electrons. The van der Waals surface area contributed by atoms with Crippen molar-refractivity contribution >= 4 is 11.6 Å². The highest BCUT2D eigenvalue weighted by Gasteiger charge is 2.18. The van der Waals surface area contributed by atoms with Crippen molar-refractivity contribution in [1.82, 2.24) is 5.32 Å². The standard InChI is InChI=1S/C16H26ClNO3/c1-10(19)11(2)21-15-13(17)7-12(8-14(15)20-6)9-18-16(3,4)5/h7-8,10-11,18-19H,9H2,1-6H3. The molecule has 0 radical (unpaired) electrons. The smallest absolute Gasteiger partial charge is 0.180 e. The van der Waals surface area contributed by atoms with Crippen molar-refractivity contribution in [3.8, 4) is 11.5 Å². The van der Waals surface area contributed by atoms with E-state index in [4.69, 9.17) is 21.1 Å². The lowest BCUT2D eigenvalue weighted by molar-refractivity contribution is 0.0587. The van der Waals surface area contributed by atoms with Crippen molar-refractivity contribution in [1.29, 1.82) is 0 Å². The van der Waals surface area contributed by atoms with Crippen LogP contribution < -0.4 is 14.8 Å². The van der Waals surface area contributed by atoms with Gasteiger partial charge in [-0.25, -0.2) is 0 Å². The number of rotatable bonds is 6. The van der Waals surface area contributed by atoms with E-state index in [2.05, 4.69) is 26.1 Å². The van der Waals surface area contributed by atoms with E-state index in [0.717, 1.165) is 5.56 Å². The molecule has 0 aliphatic carbocycles. The number of halogens is 1. The average Bonchev–Trinajstić information content (AvgIpc) is 2.37. The Morgan fingerprint density at radius 1 is 1.29 bits per heavy atom. The van der Waals surface area contributed by atoms with Crippen molar-refractivity contribution in [2.24, 2.45) is 0 Å². The van der Waals surface area contributed by atoms with Gasteiger partial charge in [0.05, 0.1) is 18.2 Å². The van der Waals surface area contributed by atoms with Crippen LogP contribution in [0.1, 0.15) is 40.2 Å². The van der Waals surface area contributed by atoms with E-state index < -0.39 is 6.10 Å². The van der Waals surface area contributed by atoms with Gasteiger partial charge in [0.15, 0.2) is 11.5 Å². The Labute approximate surface area is 132 Å². The minimum absolute atomic E-state index is 0.0235. The number of aliphatic hydroxyl groups is 1. The second-order valence-corrected chi connectivity index (χ2v) is 6.68. The number of nitrogens with one attached hydrogen (secondary N) is 1. The zero-order valence-corrected chi connectivity index (χ0v) is 14.4. The molecule has 1 aromatic carbocycles. The monoisotopic (exact) mass is 315 g/mol. The zero-order chi connectivity index (χ0) is 16.2. The van der Waals surface area contributed by atoms with Gasteiger partial charge in [-0.1, -0.05) is 11.6 Å². The molecule has 0 saturated carbocycles. The summed E-state index contributed by atoms with van der Waals surface area (Å²) in [7, 11) is 1.58.